The van der Waals surface area contributed by atoms with Crippen LogP contribution >= 0.6 is 0 Å². The molecule has 4 heteroatoms. The summed E-state index contributed by atoms with van der Waals surface area (Å²) in [6.45, 7) is 0.912. The van der Waals surface area contributed by atoms with Gasteiger partial charge in [0.25, 0.3) is 0 Å². The summed E-state index contributed by atoms with van der Waals surface area (Å²) in [5.41, 5.74) is 2.77. The normalized spacial score (nSPS) is 16.6. The largest absolute Gasteiger partial charge is 0.486 e. The highest BCUT2D eigenvalue weighted by Crippen LogP contribution is 2.38. The first-order chi connectivity index (χ1) is 14.6. The van der Waals surface area contributed by atoms with Crippen molar-refractivity contribution in [1.82, 2.24) is 4.90 Å². The summed E-state index contributed by atoms with van der Waals surface area (Å²) < 4.78 is 12.6. The van der Waals surface area contributed by atoms with Crippen LogP contribution in [0.15, 0.2) is 78.9 Å². The van der Waals surface area contributed by atoms with Gasteiger partial charge in [-0.2, -0.15) is 0 Å². The number of benzene rings is 3. The van der Waals surface area contributed by atoms with Crippen LogP contribution in [0.25, 0.3) is 0 Å². The molecule has 0 radical (unpaired) electrons. The Kier molecular flexibility index (Phi) is 6.15. The van der Waals surface area contributed by atoms with Gasteiger partial charge >= 0.3 is 0 Å². The third kappa shape index (κ3) is 4.71. The molecule has 1 aliphatic rings. The average molecular weight is 402 g/mol. The van der Waals surface area contributed by atoms with Crippen molar-refractivity contribution < 1.29 is 14.3 Å². The van der Waals surface area contributed by atoms with Crippen molar-refractivity contribution >= 4 is 5.78 Å². The van der Waals surface area contributed by atoms with Crippen LogP contribution in [-0.4, -0.2) is 31.3 Å². The topological polar surface area (TPSA) is 38.8 Å². The fourth-order valence-corrected chi connectivity index (χ4v) is 3.73. The van der Waals surface area contributed by atoms with Crippen molar-refractivity contribution in [3.8, 4) is 11.5 Å². The minimum Gasteiger partial charge on any atom is -0.486 e. The summed E-state index contributed by atoms with van der Waals surface area (Å²) >= 11 is 0. The van der Waals surface area contributed by atoms with Crippen LogP contribution in [0.4, 0.5) is 0 Å². The van der Waals surface area contributed by atoms with E-state index in [4.69, 9.17) is 9.47 Å². The SMILES string of the molecule is CN(C)CCC(Oc1ccc2c(c1)OC(c1ccccc1)CC2=O)c1ccccc1. The smallest absolute Gasteiger partial charge is 0.170 e. The van der Waals surface area contributed by atoms with Crippen LogP contribution in [0.2, 0.25) is 0 Å². The molecular weight excluding hydrogens is 374 g/mol. The molecule has 0 saturated heterocycles. The molecule has 4 rings (SSSR count). The number of Topliss-reactive ketones (excluding diaryl/α,β-unsaturated/α-hetero) is 1. The number of carbonyl (C=O) groups excluding carboxylic acids is 1. The van der Waals surface area contributed by atoms with Gasteiger partial charge in [-0.15, -0.1) is 0 Å². The van der Waals surface area contributed by atoms with E-state index in [9.17, 15) is 4.79 Å². The molecule has 3 aromatic rings. The van der Waals surface area contributed by atoms with Gasteiger partial charge in [0.1, 0.15) is 23.7 Å². The molecule has 0 amide bonds. The molecular formula is C26H27NO3. The first-order valence-corrected chi connectivity index (χ1v) is 10.4. The summed E-state index contributed by atoms with van der Waals surface area (Å²) in [6, 6.07) is 25.7. The Labute approximate surface area is 178 Å². The Morgan fingerprint density at radius 1 is 1.00 bits per heavy atom. The molecule has 2 unspecified atom stereocenters. The lowest BCUT2D eigenvalue weighted by molar-refractivity contribution is 0.0848. The van der Waals surface area contributed by atoms with Crippen molar-refractivity contribution in [3.05, 3.63) is 95.6 Å². The Hall–Kier alpha value is -3.11. The average Bonchev–Trinajstić information content (AvgIpc) is 2.77. The number of ether oxygens (including phenoxy) is 2. The van der Waals surface area contributed by atoms with E-state index < -0.39 is 0 Å². The molecule has 30 heavy (non-hydrogen) atoms. The van der Waals surface area contributed by atoms with E-state index in [1.165, 1.54) is 0 Å². The highest BCUT2D eigenvalue weighted by atomic mass is 16.5. The fourth-order valence-electron chi connectivity index (χ4n) is 3.73. The summed E-state index contributed by atoms with van der Waals surface area (Å²) in [4.78, 5) is 14.8. The molecule has 0 saturated carbocycles. The lowest BCUT2D eigenvalue weighted by Crippen LogP contribution is -2.21. The van der Waals surface area contributed by atoms with Gasteiger partial charge in [0.05, 0.1) is 12.0 Å². The molecule has 0 spiro atoms. The molecule has 1 heterocycles. The number of fused-ring (bicyclic) bond motifs is 1. The van der Waals surface area contributed by atoms with Gasteiger partial charge in [0, 0.05) is 19.0 Å². The first kappa shape index (κ1) is 20.2. The van der Waals surface area contributed by atoms with Crippen molar-refractivity contribution in [2.45, 2.75) is 25.0 Å². The Morgan fingerprint density at radius 2 is 1.70 bits per heavy atom. The summed E-state index contributed by atoms with van der Waals surface area (Å²) in [5, 5.41) is 0. The van der Waals surface area contributed by atoms with Crippen molar-refractivity contribution in [1.29, 1.82) is 0 Å². The van der Waals surface area contributed by atoms with Crippen LogP contribution in [0.3, 0.4) is 0 Å². The van der Waals surface area contributed by atoms with E-state index >= 15 is 0 Å². The van der Waals surface area contributed by atoms with E-state index in [1.807, 2.05) is 66.7 Å². The maximum Gasteiger partial charge on any atom is 0.170 e. The van der Waals surface area contributed by atoms with E-state index in [1.54, 1.807) is 0 Å². The zero-order chi connectivity index (χ0) is 20.9. The fraction of sp³-hybridized carbons (Fsp3) is 0.269. The minimum absolute atomic E-state index is 0.0733. The van der Waals surface area contributed by atoms with E-state index in [0.717, 1.165) is 24.1 Å². The van der Waals surface area contributed by atoms with E-state index in [2.05, 4.69) is 31.1 Å². The highest BCUT2D eigenvalue weighted by molar-refractivity contribution is 6.00. The lowest BCUT2D eigenvalue weighted by atomic mass is 9.96. The summed E-state index contributed by atoms with van der Waals surface area (Å²) in [7, 11) is 4.12. The number of nitrogens with zero attached hydrogens (tertiary/aromatic N) is 1. The highest BCUT2D eigenvalue weighted by Gasteiger charge is 2.28. The number of carbonyl (C=O) groups is 1. The van der Waals surface area contributed by atoms with Crippen LogP contribution in [0, 0.1) is 0 Å². The third-order valence-corrected chi connectivity index (χ3v) is 5.35. The van der Waals surface area contributed by atoms with Crippen LogP contribution in [-0.2, 0) is 0 Å². The number of rotatable bonds is 7. The summed E-state index contributed by atoms with van der Waals surface area (Å²) in [5.74, 6) is 1.41. The molecule has 4 nitrogen and oxygen atoms in total. The number of hydrogen-bond donors (Lipinski definition) is 0. The van der Waals surface area contributed by atoms with Crippen LogP contribution < -0.4 is 9.47 Å². The number of hydrogen-bond acceptors (Lipinski definition) is 4. The molecule has 2 atom stereocenters. The second-order valence-electron chi connectivity index (χ2n) is 7.91. The predicted octanol–water partition coefficient (Wildman–Crippen LogP) is 5.46. The zero-order valence-corrected chi connectivity index (χ0v) is 17.5. The van der Waals surface area contributed by atoms with Crippen LogP contribution in [0.1, 0.15) is 46.5 Å². The monoisotopic (exact) mass is 401 g/mol. The Balaban J connectivity index is 1.57. The van der Waals surface area contributed by atoms with Gasteiger partial charge < -0.3 is 14.4 Å². The molecule has 3 aromatic carbocycles. The van der Waals surface area contributed by atoms with Gasteiger partial charge in [-0.25, -0.2) is 0 Å². The maximum absolute atomic E-state index is 12.7. The van der Waals surface area contributed by atoms with Gasteiger partial charge in [-0.3, -0.25) is 4.79 Å². The molecule has 0 aliphatic carbocycles. The standard InChI is InChI=1S/C26H27NO3/c1-27(2)16-15-24(19-9-5-3-6-10-19)29-21-13-14-22-23(28)18-25(30-26(22)17-21)20-11-7-4-8-12-20/h3-14,17,24-25H,15-16,18H2,1-2H3. The maximum atomic E-state index is 12.7. The van der Waals surface area contributed by atoms with Crippen molar-refractivity contribution in [2.75, 3.05) is 20.6 Å². The second-order valence-corrected chi connectivity index (χ2v) is 7.91. The van der Waals surface area contributed by atoms with Crippen molar-refractivity contribution in [2.24, 2.45) is 0 Å². The lowest BCUT2D eigenvalue weighted by Gasteiger charge is -2.27. The number of ketones is 1. The van der Waals surface area contributed by atoms with Gasteiger partial charge in [0.2, 0.25) is 0 Å². The summed E-state index contributed by atoms with van der Waals surface area (Å²) in [6.07, 6.45) is 0.878. The molecule has 0 N–H and O–H groups in total. The Bertz CT molecular complexity index is 986. The van der Waals surface area contributed by atoms with Gasteiger partial charge in [-0.1, -0.05) is 60.7 Å². The molecule has 1 aliphatic heterocycles. The van der Waals surface area contributed by atoms with E-state index in [-0.39, 0.29) is 18.0 Å². The third-order valence-electron chi connectivity index (χ3n) is 5.35. The molecule has 0 bridgehead atoms. The van der Waals surface area contributed by atoms with E-state index in [0.29, 0.717) is 23.5 Å². The molecule has 0 aromatic heterocycles. The second kappa shape index (κ2) is 9.14. The van der Waals surface area contributed by atoms with Gasteiger partial charge in [-0.05, 0) is 37.4 Å². The van der Waals surface area contributed by atoms with Gasteiger partial charge in [0.15, 0.2) is 5.78 Å². The Morgan fingerprint density at radius 3 is 2.40 bits per heavy atom. The minimum atomic E-state index is -0.264. The zero-order valence-electron chi connectivity index (χ0n) is 17.5. The first-order valence-electron chi connectivity index (χ1n) is 10.4. The quantitative estimate of drug-likeness (QED) is 0.527. The van der Waals surface area contributed by atoms with Crippen molar-refractivity contribution in [3.63, 3.8) is 0 Å². The molecule has 154 valence electrons. The molecule has 0 fully saturated rings. The predicted molar refractivity (Wildman–Crippen MR) is 118 cm³/mol. The van der Waals surface area contributed by atoms with Crippen LogP contribution in [0.5, 0.6) is 11.5 Å².